The van der Waals surface area contributed by atoms with Crippen molar-refractivity contribution in [2.24, 2.45) is 0 Å². The Kier molecular flexibility index (Phi) is 4.71. The van der Waals surface area contributed by atoms with Crippen molar-refractivity contribution in [1.29, 1.82) is 0 Å². The molecule has 1 aliphatic heterocycles. The highest BCUT2D eigenvalue weighted by molar-refractivity contribution is 5.94. The number of ether oxygens (including phenoxy) is 1. The number of carbonyl (C=O) groups is 2. The van der Waals surface area contributed by atoms with Gasteiger partial charge < -0.3 is 15.2 Å². The molecular formula is C22H24N2O4. The molecule has 28 heavy (non-hydrogen) atoms. The Bertz CT molecular complexity index is 905. The molecule has 6 nitrogen and oxygen atoms in total. The van der Waals surface area contributed by atoms with Crippen molar-refractivity contribution >= 4 is 12.0 Å². The van der Waals surface area contributed by atoms with Gasteiger partial charge in [-0.1, -0.05) is 18.2 Å². The first-order chi connectivity index (χ1) is 13.5. The normalized spacial score (nSPS) is 21.0. The molecule has 2 aromatic carbocycles. The molecule has 2 atom stereocenters. The predicted molar refractivity (Wildman–Crippen MR) is 105 cm³/mol. The standard InChI is InChI=1S/C22H24N2O4/c1-13-11-16-12-18(28-2)9-10-19(16)20(24(13)22(26)27)14-3-5-15(6-4-14)21(25)23-17-7-8-17/h3-6,9-10,12-13,17,20H,7-8,11H2,1-2H3,(H,23,25)(H,26,27)/t13-,20-/m0/s1. The van der Waals surface area contributed by atoms with E-state index in [1.54, 1.807) is 19.2 Å². The topological polar surface area (TPSA) is 78.9 Å². The van der Waals surface area contributed by atoms with Gasteiger partial charge in [-0.3, -0.25) is 9.69 Å². The van der Waals surface area contributed by atoms with Crippen LogP contribution in [0.3, 0.4) is 0 Å². The summed E-state index contributed by atoms with van der Waals surface area (Å²) in [6, 6.07) is 12.8. The molecule has 0 aromatic heterocycles. The van der Waals surface area contributed by atoms with Crippen LogP contribution < -0.4 is 10.1 Å². The third-order valence-corrected chi connectivity index (χ3v) is 5.54. The van der Waals surface area contributed by atoms with E-state index in [0.29, 0.717) is 18.0 Å². The molecular weight excluding hydrogens is 356 g/mol. The van der Waals surface area contributed by atoms with Gasteiger partial charge >= 0.3 is 6.09 Å². The average Bonchev–Trinajstić information content (AvgIpc) is 3.50. The molecule has 4 rings (SSSR count). The third-order valence-electron chi connectivity index (χ3n) is 5.54. The number of carboxylic acid groups (broad SMARTS) is 1. The van der Waals surface area contributed by atoms with Gasteiger partial charge in [0.25, 0.3) is 5.91 Å². The second-order valence-electron chi connectivity index (χ2n) is 7.58. The summed E-state index contributed by atoms with van der Waals surface area (Å²) in [5, 5.41) is 12.8. The first-order valence-electron chi connectivity index (χ1n) is 9.57. The van der Waals surface area contributed by atoms with Gasteiger partial charge in [0.15, 0.2) is 0 Å². The van der Waals surface area contributed by atoms with Crippen LogP contribution in [0.5, 0.6) is 5.75 Å². The molecule has 2 amide bonds. The maximum Gasteiger partial charge on any atom is 0.408 e. The number of rotatable bonds is 4. The highest BCUT2D eigenvalue weighted by atomic mass is 16.5. The van der Waals surface area contributed by atoms with E-state index in [1.807, 2.05) is 37.3 Å². The lowest BCUT2D eigenvalue weighted by Crippen LogP contribution is -2.45. The molecule has 0 radical (unpaired) electrons. The Morgan fingerprint density at radius 2 is 1.86 bits per heavy atom. The zero-order valence-electron chi connectivity index (χ0n) is 16.0. The number of nitrogens with one attached hydrogen (secondary N) is 1. The molecule has 2 N–H and O–H groups in total. The number of fused-ring (bicyclic) bond motifs is 1. The zero-order chi connectivity index (χ0) is 19.8. The van der Waals surface area contributed by atoms with Crippen molar-refractivity contribution in [2.45, 2.75) is 44.3 Å². The molecule has 0 saturated heterocycles. The van der Waals surface area contributed by atoms with Crippen LogP contribution in [0.15, 0.2) is 42.5 Å². The minimum absolute atomic E-state index is 0.0775. The van der Waals surface area contributed by atoms with Gasteiger partial charge in [0.05, 0.1) is 13.2 Å². The van der Waals surface area contributed by atoms with Crippen LogP contribution in [0.25, 0.3) is 0 Å². The third kappa shape index (κ3) is 3.42. The van der Waals surface area contributed by atoms with Crippen molar-refractivity contribution < 1.29 is 19.4 Å². The smallest absolute Gasteiger partial charge is 0.408 e. The molecule has 0 bridgehead atoms. The highest BCUT2D eigenvalue weighted by Gasteiger charge is 2.36. The minimum Gasteiger partial charge on any atom is -0.497 e. The van der Waals surface area contributed by atoms with E-state index in [9.17, 15) is 14.7 Å². The van der Waals surface area contributed by atoms with Crippen LogP contribution in [-0.2, 0) is 6.42 Å². The van der Waals surface area contributed by atoms with Crippen molar-refractivity contribution in [1.82, 2.24) is 10.2 Å². The summed E-state index contributed by atoms with van der Waals surface area (Å²) >= 11 is 0. The fraction of sp³-hybridized carbons (Fsp3) is 0.364. The number of hydrogen-bond donors (Lipinski definition) is 2. The number of methoxy groups -OCH3 is 1. The van der Waals surface area contributed by atoms with E-state index in [4.69, 9.17) is 4.74 Å². The number of carbonyl (C=O) groups excluding carboxylic acids is 1. The summed E-state index contributed by atoms with van der Waals surface area (Å²) in [6.45, 7) is 1.92. The Morgan fingerprint density at radius 1 is 1.14 bits per heavy atom. The highest BCUT2D eigenvalue weighted by Crippen LogP contribution is 2.39. The molecule has 0 spiro atoms. The van der Waals surface area contributed by atoms with E-state index in [1.165, 1.54) is 4.90 Å². The fourth-order valence-corrected chi connectivity index (χ4v) is 3.93. The van der Waals surface area contributed by atoms with Gasteiger partial charge in [0, 0.05) is 17.6 Å². The van der Waals surface area contributed by atoms with E-state index in [2.05, 4.69) is 5.32 Å². The fourth-order valence-electron chi connectivity index (χ4n) is 3.93. The van der Waals surface area contributed by atoms with E-state index < -0.39 is 12.1 Å². The number of hydrogen-bond acceptors (Lipinski definition) is 3. The van der Waals surface area contributed by atoms with Crippen molar-refractivity contribution in [2.75, 3.05) is 7.11 Å². The van der Waals surface area contributed by atoms with Gasteiger partial charge in [-0.25, -0.2) is 4.79 Å². The van der Waals surface area contributed by atoms with Crippen molar-refractivity contribution in [3.63, 3.8) is 0 Å². The largest absolute Gasteiger partial charge is 0.497 e. The number of nitrogens with zero attached hydrogens (tertiary/aromatic N) is 1. The monoisotopic (exact) mass is 380 g/mol. The number of amides is 2. The molecule has 0 unspecified atom stereocenters. The lowest BCUT2D eigenvalue weighted by Gasteiger charge is -2.40. The second-order valence-corrected chi connectivity index (χ2v) is 7.58. The molecule has 2 aromatic rings. The van der Waals surface area contributed by atoms with Crippen LogP contribution in [-0.4, -0.2) is 41.2 Å². The Balaban J connectivity index is 1.70. The SMILES string of the molecule is COc1ccc2c(c1)C[C@H](C)N(C(=O)O)[C@H]2c1ccc(C(=O)NC2CC2)cc1. The van der Waals surface area contributed by atoms with E-state index in [0.717, 1.165) is 35.3 Å². The first-order valence-corrected chi connectivity index (χ1v) is 9.57. The van der Waals surface area contributed by atoms with Gasteiger partial charge in [-0.05, 0) is 67.1 Å². The van der Waals surface area contributed by atoms with Gasteiger partial charge in [-0.2, -0.15) is 0 Å². The minimum atomic E-state index is -0.950. The molecule has 2 aliphatic rings. The van der Waals surface area contributed by atoms with Crippen LogP contribution in [0.4, 0.5) is 4.79 Å². The summed E-state index contributed by atoms with van der Waals surface area (Å²) < 4.78 is 5.34. The maximum absolute atomic E-state index is 12.2. The predicted octanol–water partition coefficient (Wildman–Crippen LogP) is 3.60. The van der Waals surface area contributed by atoms with E-state index in [-0.39, 0.29) is 11.9 Å². The zero-order valence-corrected chi connectivity index (χ0v) is 16.0. The Hall–Kier alpha value is -3.02. The van der Waals surface area contributed by atoms with Crippen LogP contribution in [0.1, 0.15) is 52.9 Å². The molecule has 1 fully saturated rings. The molecule has 1 saturated carbocycles. The van der Waals surface area contributed by atoms with Crippen LogP contribution >= 0.6 is 0 Å². The summed E-state index contributed by atoms with van der Waals surface area (Å²) in [7, 11) is 1.63. The second kappa shape index (κ2) is 7.19. The molecule has 1 aliphatic carbocycles. The van der Waals surface area contributed by atoms with Gasteiger partial charge in [0.1, 0.15) is 5.75 Å². The Morgan fingerprint density at radius 3 is 2.46 bits per heavy atom. The molecule has 6 heteroatoms. The first kappa shape index (κ1) is 18.3. The van der Waals surface area contributed by atoms with Crippen molar-refractivity contribution in [3.8, 4) is 5.75 Å². The summed E-state index contributed by atoms with van der Waals surface area (Å²) in [6.07, 6.45) is 1.77. The van der Waals surface area contributed by atoms with Gasteiger partial charge in [-0.15, -0.1) is 0 Å². The molecule has 146 valence electrons. The Labute approximate surface area is 164 Å². The lowest BCUT2D eigenvalue weighted by molar-refractivity contribution is 0.0949. The van der Waals surface area contributed by atoms with Gasteiger partial charge in [0.2, 0.25) is 0 Å². The summed E-state index contributed by atoms with van der Waals surface area (Å²) in [5.41, 5.74) is 3.49. The molecule has 1 heterocycles. The quantitative estimate of drug-likeness (QED) is 0.849. The average molecular weight is 380 g/mol. The van der Waals surface area contributed by atoms with Crippen LogP contribution in [0.2, 0.25) is 0 Å². The maximum atomic E-state index is 12.2. The van der Waals surface area contributed by atoms with Crippen LogP contribution in [0, 0.1) is 0 Å². The lowest BCUT2D eigenvalue weighted by atomic mass is 9.85. The summed E-state index contributed by atoms with van der Waals surface area (Å²) in [5.74, 6) is 0.687. The van der Waals surface area contributed by atoms with Crippen molar-refractivity contribution in [3.05, 3.63) is 64.7 Å². The summed E-state index contributed by atoms with van der Waals surface area (Å²) in [4.78, 5) is 25.8. The van der Waals surface area contributed by atoms with E-state index >= 15 is 0 Å². The number of benzene rings is 2.